The van der Waals surface area contributed by atoms with Crippen molar-refractivity contribution in [2.45, 2.75) is 27.2 Å². The first-order valence-electron chi connectivity index (χ1n) is 8.26. The van der Waals surface area contributed by atoms with E-state index in [4.69, 9.17) is 0 Å². The summed E-state index contributed by atoms with van der Waals surface area (Å²) in [4.78, 5) is 31.2. The van der Waals surface area contributed by atoms with Gasteiger partial charge in [0.25, 0.3) is 5.56 Å². The van der Waals surface area contributed by atoms with Crippen molar-refractivity contribution in [3.63, 3.8) is 0 Å². The molecule has 134 valence electrons. The summed E-state index contributed by atoms with van der Waals surface area (Å²) in [6, 6.07) is 10.2. The zero-order valence-electron chi connectivity index (χ0n) is 14.8. The molecule has 0 radical (unpaired) electrons. The first-order chi connectivity index (χ1) is 12.4. The number of aromatic nitrogens is 4. The third-order valence-corrected chi connectivity index (χ3v) is 3.69. The van der Waals surface area contributed by atoms with Gasteiger partial charge in [-0.15, -0.1) is 0 Å². The maximum Gasteiger partial charge on any atom is 0.324 e. The zero-order valence-corrected chi connectivity index (χ0v) is 14.8. The summed E-state index contributed by atoms with van der Waals surface area (Å²) in [6.07, 6.45) is 0.619. The fraction of sp³-hybridized carbons (Fsp3) is 0.222. The molecule has 0 unspecified atom stereocenters. The fourth-order valence-electron chi connectivity index (χ4n) is 2.53. The Hall–Kier alpha value is -3.42. The lowest BCUT2D eigenvalue weighted by atomic mass is 10.2. The van der Waals surface area contributed by atoms with Gasteiger partial charge in [-0.2, -0.15) is 9.78 Å². The van der Waals surface area contributed by atoms with Crippen molar-refractivity contribution < 1.29 is 4.79 Å². The molecule has 0 aliphatic heterocycles. The number of H-pyrrole nitrogens is 1. The first-order valence-corrected chi connectivity index (χ1v) is 8.26. The average molecular weight is 352 g/mol. The molecular weight excluding hydrogens is 332 g/mol. The molecule has 0 saturated carbocycles. The average Bonchev–Trinajstić information content (AvgIpc) is 2.94. The number of aromatic amines is 1. The molecular formula is C18H20N6O2. The van der Waals surface area contributed by atoms with Crippen molar-refractivity contribution in [3.05, 3.63) is 63.7 Å². The number of urea groups is 1. The standard InChI is InChI=1S/C18H20N6O2/c1-4-13-10-16(25)22-17(19-13)24-15(9-12(3)23-24)21-18(26)20-14-7-5-6-11(2)8-14/h5-10H,4H2,1-3H3,(H,19,22,25)(H2,20,21,26). The largest absolute Gasteiger partial charge is 0.324 e. The van der Waals surface area contributed by atoms with Crippen LogP contribution in [0.15, 0.2) is 41.2 Å². The van der Waals surface area contributed by atoms with Gasteiger partial charge in [0.1, 0.15) is 5.82 Å². The smallest absolute Gasteiger partial charge is 0.308 e. The molecule has 2 aromatic heterocycles. The van der Waals surface area contributed by atoms with Crippen molar-refractivity contribution in [1.82, 2.24) is 19.7 Å². The van der Waals surface area contributed by atoms with Gasteiger partial charge >= 0.3 is 6.03 Å². The second-order valence-corrected chi connectivity index (χ2v) is 5.95. The topological polar surface area (TPSA) is 105 Å². The summed E-state index contributed by atoms with van der Waals surface area (Å²) in [5.74, 6) is 0.664. The van der Waals surface area contributed by atoms with Gasteiger partial charge in [-0.1, -0.05) is 19.1 Å². The molecule has 3 rings (SSSR count). The van der Waals surface area contributed by atoms with Crippen LogP contribution >= 0.6 is 0 Å². The van der Waals surface area contributed by atoms with Crippen LogP contribution in [0.3, 0.4) is 0 Å². The quantitative estimate of drug-likeness (QED) is 0.671. The van der Waals surface area contributed by atoms with E-state index in [9.17, 15) is 9.59 Å². The van der Waals surface area contributed by atoms with Gasteiger partial charge in [0.2, 0.25) is 5.95 Å². The number of hydrogen-bond donors (Lipinski definition) is 3. The van der Waals surface area contributed by atoms with E-state index in [-0.39, 0.29) is 11.5 Å². The highest BCUT2D eigenvalue weighted by molar-refractivity contribution is 5.99. The molecule has 1 aromatic carbocycles. The number of aryl methyl sites for hydroxylation is 3. The van der Waals surface area contributed by atoms with Crippen LogP contribution in [-0.4, -0.2) is 25.8 Å². The maximum absolute atomic E-state index is 12.3. The molecule has 3 aromatic rings. The van der Waals surface area contributed by atoms with E-state index in [1.165, 1.54) is 10.7 Å². The monoisotopic (exact) mass is 352 g/mol. The van der Waals surface area contributed by atoms with Crippen molar-refractivity contribution >= 4 is 17.5 Å². The molecule has 0 fully saturated rings. The maximum atomic E-state index is 12.3. The number of carbonyl (C=O) groups is 1. The number of anilines is 2. The van der Waals surface area contributed by atoms with E-state index < -0.39 is 6.03 Å². The van der Waals surface area contributed by atoms with Crippen LogP contribution in [0.4, 0.5) is 16.3 Å². The highest BCUT2D eigenvalue weighted by Crippen LogP contribution is 2.15. The SMILES string of the molecule is CCc1cc(=O)[nH]c(-n2nc(C)cc2NC(=O)Nc2cccc(C)c2)n1. The second kappa shape index (κ2) is 7.22. The Morgan fingerprint density at radius 2 is 2.00 bits per heavy atom. The number of nitrogens with zero attached hydrogens (tertiary/aromatic N) is 3. The van der Waals surface area contributed by atoms with E-state index >= 15 is 0 Å². The summed E-state index contributed by atoms with van der Waals surface area (Å²) in [5.41, 5.74) is 2.79. The first kappa shape index (κ1) is 17.4. The minimum atomic E-state index is -0.411. The molecule has 0 spiro atoms. The van der Waals surface area contributed by atoms with Gasteiger partial charge in [0, 0.05) is 23.5 Å². The molecule has 8 heteroatoms. The van der Waals surface area contributed by atoms with E-state index in [1.54, 1.807) is 19.1 Å². The van der Waals surface area contributed by atoms with E-state index in [0.29, 0.717) is 29.3 Å². The Morgan fingerprint density at radius 1 is 1.19 bits per heavy atom. The van der Waals surface area contributed by atoms with Crippen molar-refractivity contribution in [3.8, 4) is 5.95 Å². The molecule has 3 N–H and O–H groups in total. The Labute approximate surface area is 150 Å². The molecule has 0 bridgehead atoms. The fourth-order valence-corrected chi connectivity index (χ4v) is 2.53. The molecule has 0 aliphatic rings. The normalized spacial score (nSPS) is 10.6. The lowest BCUT2D eigenvalue weighted by Crippen LogP contribution is -2.23. The highest BCUT2D eigenvalue weighted by Gasteiger charge is 2.13. The summed E-state index contributed by atoms with van der Waals surface area (Å²) < 4.78 is 1.41. The molecule has 26 heavy (non-hydrogen) atoms. The van der Waals surface area contributed by atoms with Gasteiger partial charge < -0.3 is 5.32 Å². The van der Waals surface area contributed by atoms with E-state index in [1.807, 2.05) is 32.0 Å². The number of carbonyl (C=O) groups excluding carboxylic acids is 1. The Balaban J connectivity index is 1.86. The summed E-state index contributed by atoms with van der Waals surface area (Å²) >= 11 is 0. The number of amides is 2. The Kier molecular flexibility index (Phi) is 4.83. The van der Waals surface area contributed by atoms with Crippen molar-refractivity contribution in [1.29, 1.82) is 0 Å². The lowest BCUT2D eigenvalue weighted by molar-refractivity contribution is 0.262. The predicted octanol–water partition coefficient (Wildman–Crippen LogP) is 2.78. The summed E-state index contributed by atoms with van der Waals surface area (Å²) in [7, 11) is 0. The predicted molar refractivity (Wildman–Crippen MR) is 99.9 cm³/mol. The van der Waals surface area contributed by atoms with Crippen LogP contribution in [0, 0.1) is 13.8 Å². The van der Waals surface area contributed by atoms with E-state index in [0.717, 1.165) is 5.56 Å². The van der Waals surface area contributed by atoms with Gasteiger partial charge in [-0.3, -0.25) is 15.1 Å². The molecule has 0 atom stereocenters. The third-order valence-electron chi connectivity index (χ3n) is 3.69. The molecule has 2 amide bonds. The molecule has 8 nitrogen and oxygen atoms in total. The molecule has 0 aliphatic carbocycles. The number of nitrogens with one attached hydrogen (secondary N) is 3. The second-order valence-electron chi connectivity index (χ2n) is 5.95. The van der Waals surface area contributed by atoms with Crippen LogP contribution in [0.1, 0.15) is 23.9 Å². The van der Waals surface area contributed by atoms with Crippen LogP contribution in [0.5, 0.6) is 0 Å². The third kappa shape index (κ3) is 3.97. The van der Waals surface area contributed by atoms with Crippen LogP contribution in [0.2, 0.25) is 0 Å². The minimum absolute atomic E-state index is 0.258. The van der Waals surface area contributed by atoms with Gasteiger partial charge in [0.05, 0.1) is 5.69 Å². The summed E-state index contributed by atoms with van der Waals surface area (Å²) in [5, 5.41) is 9.83. The van der Waals surface area contributed by atoms with Gasteiger partial charge in [-0.25, -0.2) is 9.78 Å². The van der Waals surface area contributed by atoms with Crippen molar-refractivity contribution in [2.24, 2.45) is 0 Å². The summed E-state index contributed by atoms with van der Waals surface area (Å²) in [6.45, 7) is 5.65. The Bertz CT molecular complexity index is 1000. The number of benzene rings is 1. The van der Waals surface area contributed by atoms with Crippen LogP contribution < -0.4 is 16.2 Å². The molecule has 0 saturated heterocycles. The number of rotatable bonds is 4. The van der Waals surface area contributed by atoms with Gasteiger partial charge in [0.15, 0.2) is 0 Å². The van der Waals surface area contributed by atoms with Crippen molar-refractivity contribution in [2.75, 3.05) is 10.6 Å². The lowest BCUT2D eigenvalue weighted by Gasteiger charge is -2.10. The highest BCUT2D eigenvalue weighted by atomic mass is 16.2. The van der Waals surface area contributed by atoms with Crippen LogP contribution in [-0.2, 0) is 6.42 Å². The van der Waals surface area contributed by atoms with Gasteiger partial charge in [-0.05, 0) is 38.0 Å². The Morgan fingerprint density at radius 3 is 2.73 bits per heavy atom. The minimum Gasteiger partial charge on any atom is -0.308 e. The van der Waals surface area contributed by atoms with Crippen LogP contribution in [0.25, 0.3) is 5.95 Å². The van der Waals surface area contributed by atoms with E-state index in [2.05, 4.69) is 25.7 Å². The zero-order chi connectivity index (χ0) is 18.7. The number of hydrogen-bond acceptors (Lipinski definition) is 4. The molecule has 2 heterocycles.